The second-order valence-electron chi connectivity index (χ2n) is 8.01. The molecule has 1 saturated carbocycles. The number of esters is 2. The third kappa shape index (κ3) is 2.22. The van der Waals surface area contributed by atoms with Gasteiger partial charge in [-0.2, -0.15) is 0 Å². The summed E-state index contributed by atoms with van der Waals surface area (Å²) in [5, 5.41) is 0. The van der Waals surface area contributed by atoms with Gasteiger partial charge in [0.05, 0.1) is 19.6 Å². The van der Waals surface area contributed by atoms with Crippen molar-refractivity contribution in [2.75, 3.05) is 20.3 Å². The van der Waals surface area contributed by atoms with Crippen molar-refractivity contribution in [2.24, 2.45) is 17.3 Å². The van der Waals surface area contributed by atoms with Gasteiger partial charge in [0.15, 0.2) is 0 Å². The zero-order valence-corrected chi connectivity index (χ0v) is 15.2. The van der Waals surface area contributed by atoms with Crippen LogP contribution in [-0.4, -0.2) is 49.6 Å². The van der Waals surface area contributed by atoms with Crippen LogP contribution in [0.2, 0.25) is 0 Å². The van der Waals surface area contributed by atoms with Gasteiger partial charge in [0, 0.05) is 12.3 Å². The van der Waals surface area contributed by atoms with Gasteiger partial charge in [-0.05, 0) is 32.1 Å². The molecule has 24 heavy (non-hydrogen) atoms. The number of carbonyl (C=O) groups excluding carboxylic acids is 2. The molecule has 1 spiro atoms. The lowest BCUT2D eigenvalue weighted by Gasteiger charge is -2.64. The molecule has 0 amide bonds. The van der Waals surface area contributed by atoms with Crippen molar-refractivity contribution < 1.29 is 28.5 Å². The Kier molecular flexibility index (Phi) is 4.20. The van der Waals surface area contributed by atoms with Crippen LogP contribution < -0.4 is 0 Å². The van der Waals surface area contributed by atoms with Gasteiger partial charge in [-0.3, -0.25) is 9.59 Å². The van der Waals surface area contributed by atoms with Crippen molar-refractivity contribution in [1.29, 1.82) is 0 Å². The monoisotopic (exact) mass is 340 g/mol. The number of ether oxygens (including phenoxy) is 4. The van der Waals surface area contributed by atoms with E-state index in [1.54, 1.807) is 0 Å². The number of hydrogen-bond acceptors (Lipinski definition) is 6. The second kappa shape index (κ2) is 5.70. The van der Waals surface area contributed by atoms with E-state index >= 15 is 0 Å². The Morgan fingerprint density at radius 2 is 2.04 bits per heavy atom. The predicted octanol–water partition coefficient (Wildman–Crippen LogP) is 2.09. The Bertz CT molecular complexity index is 548. The van der Waals surface area contributed by atoms with Crippen molar-refractivity contribution in [2.45, 2.75) is 64.3 Å². The highest BCUT2D eigenvalue weighted by Crippen LogP contribution is 2.67. The highest BCUT2D eigenvalue weighted by Gasteiger charge is 2.78. The molecular weight excluding hydrogens is 312 g/mol. The molecule has 3 fully saturated rings. The molecular formula is C18H28O6. The third-order valence-electron chi connectivity index (χ3n) is 6.76. The summed E-state index contributed by atoms with van der Waals surface area (Å²) >= 11 is 0. The minimum atomic E-state index is -0.480. The van der Waals surface area contributed by atoms with E-state index in [-0.39, 0.29) is 41.9 Å². The van der Waals surface area contributed by atoms with Crippen LogP contribution >= 0.6 is 0 Å². The molecule has 0 radical (unpaired) electrons. The minimum Gasteiger partial charge on any atom is -0.469 e. The van der Waals surface area contributed by atoms with Crippen molar-refractivity contribution in [1.82, 2.24) is 0 Å². The molecule has 6 heteroatoms. The Morgan fingerprint density at radius 3 is 2.67 bits per heavy atom. The molecule has 2 heterocycles. The number of rotatable bonds is 4. The summed E-state index contributed by atoms with van der Waals surface area (Å²) in [6, 6.07) is 0. The van der Waals surface area contributed by atoms with Crippen LogP contribution in [0.15, 0.2) is 0 Å². The van der Waals surface area contributed by atoms with E-state index in [0.717, 1.165) is 19.3 Å². The third-order valence-corrected chi connectivity index (χ3v) is 6.76. The Balaban J connectivity index is 1.79. The Labute approximate surface area is 143 Å². The minimum absolute atomic E-state index is 0.0686. The fourth-order valence-corrected chi connectivity index (χ4v) is 4.99. The van der Waals surface area contributed by atoms with Gasteiger partial charge in [-0.25, -0.2) is 0 Å². The summed E-state index contributed by atoms with van der Waals surface area (Å²) in [7, 11) is 1.43. The van der Waals surface area contributed by atoms with E-state index in [0.29, 0.717) is 6.61 Å². The molecule has 6 nitrogen and oxygen atoms in total. The number of methoxy groups -OCH3 is 1. The first-order valence-electron chi connectivity index (χ1n) is 8.72. The van der Waals surface area contributed by atoms with Crippen LogP contribution in [-0.2, 0) is 28.5 Å². The Morgan fingerprint density at radius 1 is 1.33 bits per heavy atom. The fourth-order valence-electron chi connectivity index (χ4n) is 4.99. The van der Waals surface area contributed by atoms with Crippen molar-refractivity contribution in [3.8, 4) is 0 Å². The molecule has 136 valence electrons. The first-order chi connectivity index (χ1) is 11.2. The summed E-state index contributed by atoms with van der Waals surface area (Å²) in [4.78, 5) is 23.1. The van der Waals surface area contributed by atoms with Gasteiger partial charge >= 0.3 is 11.9 Å². The molecule has 3 rings (SSSR count). The van der Waals surface area contributed by atoms with Gasteiger partial charge in [-0.15, -0.1) is 0 Å². The summed E-state index contributed by atoms with van der Waals surface area (Å²) < 4.78 is 22.6. The van der Waals surface area contributed by atoms with Gasteiger partial charge in [0.1, 0.15) is 23.9 Å². The molecule has 2 saturated heterocycles. The maximum Gasteiger partial charge on any atom is 0.308 e. The second-order valence-corrected chi connectivity index (χ2v) is 8.01. The normalized spacial score (nSPS) is 44.7. The lowest BCUT2D eigenvalue weighted by molar-refractivity contribution is -0.357. The van der Waals surface area contributed by atoms with E-state index in [9.17, 15) is 9.59 Å². The van der Waals surface area contributed by atoms with E-state index in [4.69, 9.17) is 18.9 Å². The molecule has 1 aliphatic carbocycles. The molecule has 0 unspecified atom stereocenters. The maximum atomic E-state index is 12.0. The highest BCUT2D eigenvalue weighted by molar-refractivity contribution is 5.72. The summed E-state index contributed by atoms with van der Waals surface area (Å²) in [6.07, 6.45) is 2.43. The van der Waals surface area contributed by atoms with Crippen molar-refractivity contribution >= 4 is 11.9 Å². The van der Waals surface area contributed by atoms with Gasteiger partial charge < -0.3 is 18.9 Å². The molecule has 6 atom stereocenters. The van der Waals surface area contributed by atoms with Crippen molar-refractivity contribution in [3.63, 3.8) is 0 Å². The van der Waals surface area contributed by atoms with E-state index in [1.807, 2.05) is 6.92 Å². The molecule has 2 aliphatic heterocycles. The average Bonchev–Trinajstić information content (AvgIpc) is 2.72. The highest BCUT2D eigenvalue weighted by atomic mass is 16.7. The molecule has 0 aromatic rings. The van der Waals surface area contributed by atoms with Crippen molar-refractivity contribution in [3.05, 3.63) is 0 Å². The molecule has 0 aromatic heterocycles. The average molecular weight is 340 g/mol. The summed E-state index contributed by atoms with van der Waals surface area (Å²) in [5.74, 6) is -0.433. The van der Waals surface area contributed by atoms with E-state index in [1.165, 1.54) is 14.0 Å². The van der Waals surface area contributed by atoms with Crippen LogP contribution in [0.25, 0.3) is 0 Å². The first kappa shape index (κ1) is 17.7. The van der Waals surface area contributed by atoms with Crippen LogP contribution in [0.5, 0.6) is 0 Å². The fraction of sp³-hybridized carbons (Fsp3) is 0.889. The predicted molar refractivity (Wildman–Crippen MR) is 85.2 cm³/mol. The lowest BCUT2D eigenvalue weighted by atomic mass is 9.52. The zero-order chi connectivity index (χ0) is 17.8. The van der Waals surface area contributed by atoms with Crippen LogP contribution in [0.1, 0.15) is 47.0 Å². The van der Waals surface area contributed by atoms with Gasteiger partial charge in [0.2, 0.25) is 0 Å². The molecule has 0 aromatic carbocycles. The quantitative estimate of drug-likeness (QED) is 0.730. The zero-order valence-electron chi connectivity index (χ0n) is 15.2. The topological polar surface area (TPSA) is 71.1 Å². The van der Waals surface area contributed by atoms with E-state index < -0.39 is 11.2 Å². The number of hydrogen-bond donors (Lipinski definition) is 0. The lowest BCUT2D eigenvalue weighted by Crippen LogP contribution is -2.77. The standard InChI is InChI=1S/C18H28O6/c1-11(15(20)21-5)13-6-7-16(3)10-23-17(4)14(9-22-12(2)19)24-18(16,17)8-13/h11,13-14H,6-10H2,1-5H3/t11-,13+,14-,16-,17-,18-/m0/s1. The van der Waals surface area contributed by atoms with Crippen LogP contribution in [0, 0.1) is 17.3 Å². The largest absolute Gasteiger partial charge is 0.469 e. The maximum absolute atomic E-state index is 12.0. The van der Waals surface area contributed by atoms with Gasteiger partial charge in [-0.1, -0.05) is 13.8 Å². The molecule has 0 bridgehead atoms. The smallest absolute Gasteiger partial charge is 0.308 e. The molecule has 3 aliphatic rings. The SMILES string of the molecule is COC(=O)[C@@H](C)[C@@H]1CC[C@@]2(C)CO[C@@]3(C)[C@H](COC(C)=O)O[C@@]23C1. The van der Waals surface area contributed by atoms with Gasteiger partial charge in [0.25, 0.3) is 0 Å². The molecule has 0 N–H and O–H groups in total. The summed E-state index contributed by atoms with van der Waals surface area (Å²) in [6.45, 7) is 8.43. The van der Waals surface area contributed by atoms with Crippen LogP contribution in [0.4, 0.5) is 0 Å². The van der Waals surface area contributed by atoms with Crippen LogP contribution in [0.3, 0.4) is 0 Å². The van der Waals surface area contributed by atoms with E-state index in [2.05, 4.69) is 13.8 Å². The number of carbonyl (C=O) groups is 2. The summed E-state index contributed by atoms with van der Waals surface area (Å²) in [5.41, 5.74) is -0.970. The Hall–Kier alpha value is -1.14. The first-order valence-corrected chi connectivity index (χ1v) is 8.72.